The molecule has 0 amide bonds. The summed E-state index contributed by atoms with van der Waals surface area (Å²) in [4.78, 5) is 9.37. The molecule has 46 heavy (non-hydrogen) atoms. The van der Waals surface area contributed by atoms with Crippen LogP contribution in [0.15, 0.2) is 134 Å². The molecule has 3 aromatic heterocycles. The van der Waals surface area contributed by atoms with Gasteiger partial charge in [0.15, 0.2) is 0 Å². The SMILES string of the molecule is CC(C)(C)c1ccnc(-n2c3ccc(-c4ccccc4F)cc3c3ccc(Oc4cccc(-n5cnc6ccccc65)c4)cc32)c1. The number of imidazole rings is 1. The van der Waals surface area contributed by atoms with Gasteiger partial charge in [-0.3, -0.25) is 9.13 Å². The third kappa shape index (κ3) is 4.79. The minimum Gasteiger partial charge on any atom is -0.457 e. The molecule has 0 N–H and O–H groups in total. The number of benzene rings is 5. The van der Waals surface area contributed by atoms with E-state index in [9.17, 15) is 4.39 Å². The number of fused-ring (bicyclic) bond motifs is 4. The zero-order chi connectivity index (χ0) is 31.4. The van der Waals surface area contributed by atoms with Crippen molar-refractivity contribution >= 4 is 32.8 Å². The summed E-state index contributed by atoms with van der Waals surface area (Å²) in [7, 11) is 0. The summed E-state index contributed by atoms with van der Waals surface area (Å²) in [5.74, 6) is 1.99. The van der Waals surface area contributed by atoms with Gasteiger partial charge in [0.1, 0.15) is 29.5 Å². The van der Waals surface area contributed by atoms with Crippen LogP contribution in [0.4, 0.5) is 4.39 Å². The van der Waals surface area contributed by atoms with Crippen molar-refractivity contribution in [3.8, 4) is 34.1 Å². The van der Waals surface area contributed by atoms with E-state index in [1.807, 2.05) is 79.3 Å². The van der Waals surface area contributed by atoms with Crippen molar-refractivity contribution in [3.05, 3.63) is 145 Å². The number of rotatable bonds is 5. The highest BCUT2D eigenvalue weighted by molar-refractivity contribution is 6.10. The van der Waals surface area contributed by atoms with Crippen LogP contribution in [0.5, 0.6) is 11.5 Å². The van der Waals surface area contributed by atoms with Crippen molar-refractivity contribution < 1.29 is 9.13 Å². The third-order valence-corrected chi connectivity index (χ3v) is 8.55. The monoisotopic (exact) mass is 602 g/mol. The molecule has 0 fully saturated rings. The van der Waals surface area contributed by atoms with E-state index >= 15 is 0 Å². The second kappa shape index (κ2) is 10.7. The van der Waals surface area contributed by atoms with Gasteiger partial charge in [0.2, 0.25) is 0 Å². The van der Waals surface area contributed by atoms with Gasteiger partial charge in [-0.2, -0.15) is 0 Å². The summed E-state index contributed by atoms with van der Waals surface area (Å²) in [6.45, 7) is 6.60. The number of nitrogens with zero attached hydrogens (tertiary/aromatic N) is 4. The molecular weight excluding hydrogens is 571 g/mol. The van der Waals surface area contributed by atoms with Crippen molar-refractivity contribution in [2.24, 2.45) is 0 Å². The Balaban J connectivity index is 1.27. The lowest BCUT2D eigenvalue weighted by Crippen LogP contribution is -2.12. The quantitative estimate of drug-likeness (QED) is 0.197. The first-order valence-electron chi connectivity index (χ1n) is 15.3. The Morgan fingerprint density at radius 3 is 2.35 bits per heavy atom. The molecule has 0 bridgehead atoms. The first-order chi connectivity index (χ1) is 22.3. The van der Waals surface area contributed by atoms with Crippen LogP contribution in [0, 0.1) is 5.82 Å². The first-order valence-corrected chi connectivity index (χ1v) is 15.3. The number of hydrogen-bond acceptors (Lipinski definition) is 3. The van der Waals surface area contributed by atoms with Crippen molar-refractivity contribution in [3.63, 3.8) is 0 Å². The fraction of sp³-hybridized carbons (Fsp3) is 0.100. The highest BCUT2D eigenvalue weighted by Crippen LogP contribution is 2.38. The van der Waals surface area contributed by atoms with E-state index in [0.29, 0.717) is 17.1 Å². The average molecular weight is 603 g/mol. The molecular formula is C40H31FN4O. The first kappa shape index (κ1) is 27.8. The van der Waals surface area contributed by atoms with Crippen molar-refractivity contribution in [2.45, 2.75) is 26.2 Å². The highest BCUT2D eigenvalue weighted by atomic mass is 19.1. The summed E-state index contributed by atoms with van der Waals surface area (Å²) in [6.07, 6.45) is 3.70. The van der Waals surface area contributed by atoms with Crippen LogP contribution in [0.1, 0.15) is 26.3 Å². The zero-order valence-electron chi connectivity index (χ0n) is 25.8. The van der Waals surface area contributed by atoms with Crippen LogP contribution in [-0.4, -0.2) is 19.1 Å². The molecule has 5 nitrogen and oxygen atoms in total. The van der Waals surface area contributed by atoms with Gasteiger partial charge in [-0.15, -0.1) is 0 Å². The molecule has 0 aliphatic carbocycles. The van der Waals surface area contributed by atoms with Gasteiger partial charge in [-0.25, -0.2) is 14.4 Å². The van der Waals surface area contributed by atoms with Gasteiger partial charge in [0.25, 0.3) is 0 Å². The Morgan fingerprint density at radius 2 is 1.48 bits per heavy atom. The van der Waals surface area contributed by atoms with E-state index in [4.69, 9.17) is 9.72 Å². The van der Waals surface area contributed by atoms with Crippen LogP contribution >= 0.6 is 0 Å². The topological polar surface area (TPSA) is 44.9 Å². The maximum absolute atomic E-state index is 14.8. The lowest BCUT2D eigenvalue weighted by Gasteiger charge is -2.20. The number of aromatic nitrogens is 4. The summed E-state index contributed by atoms with van der Waals surface area (Å²) in [6, 6.07) is 39.4. The van der Waals surface area contributed by atoms with Crippen LogP contribution < -0.4 is 4.74 Å². The molecule has 0 atom stereocenters. The standard InChI is InChI=1S/C40H31FN4O/c1-40(2,3)27-19-20-42-39(22-27)45-36-18-15-26(31-11-4-5-12-34(31)41)21-33(36)32-17-16-30(24-38(32)45)46-29-10-8-9-28(23-29)44-25-43-35-13-6-7-14-37(35)44/h4-25H,1-3H3. The summed E-state index contributed by atoms with van der Waals surface area (Å²) >= 11 is 0. The molecule has 0 saturated heterocycles. The lowest BCUT2D eigenvalue weighted by atomic mass is 9.88. The molecule has 0 spiro atoms. The van der Waals surface area contributed by atoms with Gasteiger partial charge in [-0.05, 0) is 83.3 Å². The highest BCUT2D eigenvalue weighted by Gasteiger charge is 2.19. The van der Waals surface area contributed by atoms with Crippen LogP contribution in [0.25, 0.3) is 55.5 Å². The van der Waals surface area contributed by atoms with Crippen molar-refractivity contribution in [1.29, 1.82) is 0 Å². The van der Waals surface area contributed by atoms with Gasteiger partial charge >= 0.3 is 0 Å². The largest absolute Gasteiger partial charge is 0.457 e. The molecule has 0 aliphatic rings. The van der Waals surface area contributed by atoms with Gasteiger partial charge in [0.05, 0.1) is 27.8 Å². The Labute approximate surface area is 266 Å². The molecule has 224 valence electrons. The minimum absolute atomic E-state index is 0.0473. The number of para-hydroxylation sites is 2. The van der Waals surface area contributed by atoms with E-state index in [1.54, 1.807) is 6.07 Å². The lowest BCUT2D eigenvalue weighted by molar-refractivity contribution is 0.483. The molecule has 6 heteroatoms. The van der Waals surface area contributed by atoms with E-state index < -0.39 is 0 Å². The van der Waals surface area contributed by atoms with E-state index in [0.717, 1.165) is 49.9 Å². The molecule has 5 aromatic carbocycles. The zero-order valence-corrected chi connectivity index (χ0v) is 25.8. The predicted octanol–water partition coefficient (Wildman–Crippen LogP) is 10.4. The Kier molecular flexibility index (Phi) is 6.46. The van der Waals surface area contributed by atoms with E-state index in [-0.39, 0.29) is 11.2 Å². The van der Waals surface area contributed by atoms with Crippen LogP contribution in [-0.2, 0) is 5.41 Å². The maximum atomic E-state index is 14.8. The Morgan fingerprint density at radius 1 is 0.652 bits per heavy atom. The maximum Gasteiger partial charge on any atom is 0.137 e. The number of halogens is 1. The number of ether oxygens (including phenoxy) is 1. The molecule has 8 aromatic rings. The van der Waals surface area contributed by atoms with E-state index in [2.05, 4.69) is 77.4 Å². The number of pyridine rings is 1. The summed E-state index contributed by atoms with van der Waals surface area (Å²) in [5, 5.41) is 2.04. The smallest absolute Gasteiger partial charge is 0.137 e. The predicted molar refractivity (Wildman–Crippen MR) is 184 cm³/mol. The average Bonchev–Trinajstić information content (AvgIpc) is 3.64. The molecule has 0 unspecified atom stereocenters. The van der Waals surface area contributed by atoms with Crippen LogP contribution in [0.3, 0.4) is 0 Å². The Bertz CT molecular complexity index is 2410. The minimum atomic E-state index is -0.244. The van der Waals surface area contributed by atoms with Crippen molar-refractivity contribution in [1.82, 2.24) is 19.1 Å². The Hall–Kier alpha value is -5.75. The van der Waals surface area contributed by atoms with Gasteiger partial charge in [0, 0.05) is 34.7 Å². The van der Waals surface area contributed by atoms with Crippen LogP contribution in [0.2, 0.25) is 0 Å². The van der Waals surface area contributed by atoms with E-state index in [1.165, 1.54) is 11.6 Å². The molecule has 8 rings (SSSR count). The molecule has 3 heterocycles. The molecule has 0 radical (unpaired) electrons. The summed E-state index contributed by atoms with van der Waals surface area (Å²) < 4.78 is 25.6. The third-order valence-electron chi connectivity index (χ3n) is 8.55. The molecule has 0 saturated carbocycles. The van der Waals surface area contributed by atoms with Gasteiger partial charge < -0.3 is 4.74 Å². The fourth-order valence-electron chi connectivity index (χ4n) is 6.18. The van der Waals surface area contributed by atoms with Crippen molar-refractivity contribution in [2.75, 3.05) is 0 Å². The van der Waals surface area contributed by atoms with Gasteiger partial charge in [-0.1, -0.05) is 63.2 Å². The summed E-state index contributed by atoms with van der Waals surface area (Å²) in [5.41, 5.74) is 7.41. The normalized spacial score (nSPS) is 11.9. The second-order valence-corrected chi connectivity index (χ2v) is 12.6. The fourth-order valence-corrected chi connectivity index (χ4v) is 6.18. The number of hydrogen-bond donors (Lipinski definition) is 0. The molecule has 0 aliphatic heterocycles. The second-order valence-electron chi connectivity index (χ2n) is 12.6.